The SMILES string of the molecule is CC(C)n1ncc2c(C(=O)N3CCC[C@H]3C(=O)O)cc(C3CC3)nc21. The van der Waals surface area contributed by atoms with Crippen molar-refractivity contribution in [3.63, 3.8) is 0 Å². The summed E-state index contributed by atoms with van der Waals surface area (Å²) in [4.78, 5) is 30.9. The van der Waals surface area contributed by atoms with Gasteiger partial charge in [-0.05, 0) is 45.6 Å². The van der Waals surface area contributed by atoms with E-state index in [4.69, 9.17) is 4.98 Å². The maximum absolute atomic E-state index is 13.1. The van der Waals surface area contributed by atoms with E-state index < -0.39 is 12.0 Å². The Labute approximate surface area is 145 Å². The third kappa shape index (κ3) is 2.67. The summed E-state index contributed by atoms with van der Waals surface area (Å²) < 4.78 is 1.83. The van der Waals surface area contributed by atoms with Crippen LogP contribution in [0.25, 0.3) is 11.0 Å². The average Bonchev–Trinajstić information content (AvgIpc) is 3.14. The molecule has 0 radical (unpaired) electrons. The number of aliphatic carboxylic acids is 1. The summed E-state index contributed by atoms with van der Waals surface area (Å²) in [5.41, 5.74) is 2.17. The molecule has 1 saturated heterocycles. The van der Waals surface area contributed by atoms with Crippen LogP contribution in [-0.4, -0.2) is 49.2 Å². The number of rotatable bonds is 4. The summed E-state index contributed by atoms with van der Waals surface area (Å²) in [6, 6.07) is 1.26. The molecule has 132 valence electrons. The molecule has 0 aromatic carbocycles. The summed E-state index contributed by atoms with van der Waals surface area (Å²) in [5.74, 6) is -0.751. The summed E-state index contributed by atoms with van der Waals surface area (Å²) in [5, 5.41) is 14.5. The zero-order chi connectivity index (χ0) is 17.7. The molecule has 1 N–H and O–H groups in total. The lowest BCUT2D eigenvalue weighted by Gasteiger charge is -2.22. The van der Waals surface area contributed by atoms with Crippen molar-refractivity contribution in [1.29, 1.82) is 0 Å². The number of carboxylic acid groups (broad SMARTS) is 1. The van der Waals surface area contributed by atoms with Gasteiger partial charge in [0.2, 0.25) is 0 Å². The van der Waals surface area contributed by atoms with E-state index in [1.807, 2.05) is 24.6 Å². The Morgan fingerprint density at radius 1 is 1.28 bits per heavy atom. The standard InChI is InChI=1S/C18H22N4O3/c1-10(2)22-16-13(9-19-22)12(8-14(20-16)11-5-6-11)17(23)21-7-3-4-15(21)18(24)25/h8-11,15H,3-7H2,1-2H3,(H,24,25)/t15-/m0/s1. The van der Waals surface area contributed by atoms with Gasteiger partial charge in [0.15, 0.2) is 5.65 Å². The molecule has 7 nitrogen and oxygen atoms in total. The van der Waals surface area contributed by atoms with Gasteiger partial charge in [-0.1, -0.05) is 0 Å². The highest BCUT2D eigenvalue weighted by Gasteiger charge is 2.36. The van der Waals surface area contributed by atoms with Gasteiger partial charge in [-0.2, -0.15) is 5.10 Å². The number of carbonyl (C=O) groups is 2. The van der Waals surface area contributed by atoms with Gasteiger partial charge in [0.05, 0.1) is 17.1 Å². The number of fused-ring (bicyclic) bond motifs is 1. The van der Waals surface area contributed by atoms with E-state index in [9.17, 15) is 14.7 Å². The van der Waals surface area contributed by atoms with Crippen LogP contribution in [0.5, 0.6) is 0 Å². The average molecular weight is 342 g/mol. The van der Waals surface area contributed by atoms with Gasteiger partial charge in [-0.3, -0.25) is 4.79 Å². The van der Waals surface area contributed by atoms with Gasteiger partial charge in [0, 0.05) is 24.2 Å². The molecular weight excluding hydrogens is 320 g/mol. The van der Waals surface area contributed by atoms with Gasteiger partial charge >= 0.3 is 5.97 Å². The minimum Gasteiger partial charge on any atom is -0.480 e. The molecule has 2 aromatic heterocycles. The number of carboxylic acids is 1. The number of amides is 1. The van der Waals surface area contributed by atoms with Gasteiger partial charge < -0.3 is 10.0 Å². The first-order chi connectivity index (χ1) is 12.0. The number of pyridine rings is 1. The molecule has 3 heterocycles. The van der Waals surface area contributed by atoms with E-state index in [0.29, 0.717) is 35.5 Å². The molecule has 1 amide bonds. The van der Waals surface area contributed by atoms with Crippen LogP contribution < -0.4 is 0 Å². The van der Waals surface area contributed by atoms with Crippen molar-refractivity contribution in [1.82, 2.24) is 19.7 Å². The molecule has 0 spiro atoms. The largest absolute Gasteiger partial charge is 0.480 e. The number of carbonyl (C=O) groups excluding carboxylic acids is 1. The Hall–Kier alpha value is -2.44. The molecule has 1 atom stereocenters. The van der Waals surface area contributed by atoms with Gasteiger partial charge in [0.1, 0.15) is 6.04 Å². The first-order valence-electron chi connectivity index (χ1n) is 8.89. The molecule has 1 aliphatic heterocycles. The lowest BCUT2D eigenvalue weighted by atomic mass is 10.1. The quantitative estimate of drug-likeness (QED) is 0.922. The van der Waals surface area contributed by atoms with Crippen LogP contribution >= 0.6 is 0 Å². The molecule has 0 unspecified atom stereocenters. The second-order valence-corrected chi connectivity index (χ2v) is 7.28. The van der Waals surface area contributed by atoms with E-state index in [-0.39, 0.29) is 11.9 Å². The highest BCUT2D eigenvalue weighted by molar-refractivity contribution is 6.06. The van der Waals surface area contributed by atoms with Crippen LogP contribution in [0.4, 0.5) is 0 Å². The second kappa shape index (κ2) is 5.82. The highest BCUT2D eigenvalue weighted by Crippen LogP contribution is 2.40. The maximum atomic E-state index is 13.1. The van der Waals surface area contributed by atoms with Crippen LogP contribution in [0.2, 0.25) is 0 Å². The second-order valence-electron chi connectivity index (χ2n) is 7.28. The molecule has 2 aliphatic rings. The van der Waals surface area contributed by atoms with Crippen LogP contribution in [0, 0.1) is 0 Å². The first kappa shape index (κ1) is 16.1. The molecular formula is C18H22N4O3. The number of hydrogen-bond donors (Lipinski definition) is 1. The number of likely N-dealkylation sites (tertiary alicyclic amines) is 1. The Morgan fingerprint density at radius 2 is 2.04 bits per heavy atom. The lowest BCUT2D eigenvalue weighted by molar-refractivity contribution is -0.141. The molecule has 2 aromatic rings. The molecule has 25 heavy (non-hydrogen) atoms. The van der Waals surface area contributed by atoms with E-state index in [1.165, 1.54) is 4.90 Å². The zero-order valence-corrected chi connectivity index (χ0v) is 14.5. The Bertz CT molecular complexity index is 853. The maximum Gasteiger partial charge on any atom is 0.326 e. The predicted molar refractivity (Wildman–Crippen MR) is 91.6 cm³/mol. The fraction of sp³-hybridized carbons (Fsp3) is 0.556. The summed E-state index contributed by atoms with van der Waals surface area (Å²) in [7, 11) is 0. The summed E-state index contributed by atoms with van der Waals surface area (Å²) in [6.07, 6.45) is 5.08. The van der Waals surface area contributed by atoms with Crippen molar-refractivity contribution in [3.05, 3.63) is 23.5 Å². The van der Waals surface area contributed by atoms with Gasteiger partial charge in [-0.25, -0.2) is 14.5 Å². The van der Waals surface area contributed by atoms with Crippen molar-refractivity contribution in [3.8, 4) is 0 Å². The monoisotopic (exact) mass is 342 g/mol. The third-order valence-electron chi connectivity index (χ3n) is 5.10. The minimum atomic E-state index is -0.934. The molecule has 0 bridgehead atoms. The van der Waals surface area contributed by atoms with Crippen LogP contribution in [-0.2, 0) is 4.79 Å². The van der Waals surface area contributed by atoms with Crippen molar-refractivity contribution in [2.75, 3.05) is 6.54 Å². The predicted octanol–water partition coefficient (Wildman–Crippen LogP) is 2.58. The topological polar surface area (TPSA) is 88.3 Å². The minimum absolute atomic E-state index is 0.140. The van der Waals surface area contributed by atoms with Gasteiger partial charge in [0.25, 0.3) is 5.91 Å². The van der Waals surface area contributed by atoms with E-state index in [1.54, 1.807) is 6.20 Å². The summed E-state index contributed by atoms with van der Waals surface area (Å²) in [6.45, 7) is 4.54. The van der Waals surface area contributed by atoms with Crippen molar-refractivity contribution in [2.45, 2.75) is 57.5 Å². The third-order valence-corrected chi connectivity index (χ3v) is 5.10. The van der Waals surface area contributed by atoms with E-state index >= 15 is 0 Å². The van der Waals surface area contributed by atoms with E-state index in [2.05, 4.69) is 5.10 Å². The van der Waals surface area contributed by atoms with Crippen LogP contribution in [0.3, 0.4) is 0 Å². The van der Waals surface area contributed by atoms with Gasteiger partial charge in [-0.15, -0.1) is 0 Å². The fourth-order valence-electron chi connectivity index (χ4n) is 3.60. The van der Waals surface area contributed by atoms with Crippen molar-refractivity contribution < 1.29 is 14.7 Å². The van der Waals surface area contributed by atoms with Crippen molar-refractivity contribution in [2.24, 2.45) is 0 Å². The Kier molecular flexibility index (Phi) is 3.74. The Balaban J connectivity index is 1.83. The highest BCUT2D eigenvalue weighted by atomic mass is 16.4. The van der Waals surface area contributed by atoms with Crippen LogP contribution in [0.1, 0.15) is 67.5 Å². The molecule has 1 saturated carbocycles. The molecule has 7 heteroatoms. The fourth-order valence-corrected chi connectivity index (χ4v) is 3.60. The number of nitrogens with zero attached hydrogens (tertiary/aromatic N) is 4. The Morgan fingerprint density at radius 3 is 2.68 bits per heavy atom. The number of aromatic nitrogens is 3. The zero-order valence-electron chi connectivity index (χ0n) is 14.5. The molecule has 1 aliphatic carbocycles. The normalized spacial score (nSPS) is 20.6. The first-order valence-corrected chi connectivity index (χ1v) is 8.89. The summed E-state index contributed by atoms with van der Waals surface area (Å²) >= 11 is 0. The lowest BCUT2D eigenvalue weighted by Crippen LogP contribution is -2.40. The van der Waals surface area contributed by atoms with E-state index in [0.717, 1.165) is 25.0 Å². The molecule has 4 rings (SSSR count). The van der Waals surface area contributed by atoms with Crippen molar-refractivity contribution >= 4 is 22.9 Å². The van der Waals surface area contributed by atoms with Crippen LogP contribution in [0.15, 0.2) is 12.3 Å². The number of hydrogen-bond acceptors (Lipinski definition) is 4. The molecule has 2 fully saturated rings. The smallest absolute Gasteiger partial charge is 0.326 e.